The predicted molar refractivity (Wildman–Crippen MR) is 118 cm³/mol. The summed E-state index contributed by atoms with van der Waals surface area (Å²) >= 11 is 0. The normalized spacial score (nSPS) is 17.0. The van der Waals surface area contributed by atoms with Crippen LogP contribution in [0.2, 0.25) is 0 Å². The molecule has 2 amide bonds. The van der Waals surface area contributed by atoms with E-state index in [1.54, 1.807) is 15.5 Å². The molecule has 2 aromatic heterocycles. The number of fused-ring (bicyclic) bond motifs is 2. The number of benzene rings is 1. The second-order valence-corrected chi connectivity index (χ2v) is 10.2. The topological polar surface area (TPSA) is 113 Å². The van der Waals surface area contributed by atoms with Gasteiger partial charge < -0.3 is 4.90 Å². The van der Waals surface area contributed by atoms with Crippen molar-refractivity contribution < 1.29 is 13.2 Å². The second-order valence-electron chi connectivity index (χ2n) is 8.29. The van der Waals surface area contributed by atoms with Crippen LogP contribution in [0.15, 0.2) is 29.2 Å². The van der Waals surface area contributed by atoms with Gasteiger partial charge in [-0.05, 0) is 62.4 Å². The van der Waals surface area contributed by atoms with Gasteiger partial charge in [0.25, 0.3) is 11.7 Å². The molecular weight excluding hydrogens is 430 g/mol. The largest absolute Gasteiger partial charge is 0.324 e. The molecule has 5 rings (SSSR count). The van der Waals surface area contributed by atoms with Crippen molar-refractivity contribution in [1.82, 2.24) is 28.8 Å². The fourth-order valence-corrected chi connectivity index (χ4v) is 5.86. The SMILES string of the molecule is Cc1cc(C)n2nc(NC(=O)N3CCN(S(=O)(=O)c4ccc5c(c4)CCC5)CC3)nc2n1. The number of nitrogens with one attached hydrogen (secondary N) is 1. The van der Waals surface area contributed by atoms with Crippen LogP contribution in [0.3, 0.4) is 0 Å². The molecule has 168 valence electrons. The van der Waals surface area contributed by atoms with Crippen LogP contribution >= 0.6 is 0 Å². The third-order valence-corrected chi connectivity index (χ3v) is 7.97. The lowest BCUT2D eigenvalue weighted by atomic mass is 10.1. The van der Waals surface area contributed by atoms with E-state index in [0.717, 1.165) is 36.2 Å². The zero-order valence-electron chi connectivity index (χ0n) is 18.1. The molecule has 3 aromatic rings. The average molecular weight is 456 g/mol. The fourth-order valence-electron chi connectivity index (χ4n) is 4.38. The van der Waals surface area contributed by atoms with Crippen molar-refractivity contribution in [2.24, 2.45) is 0 Å². The first kappa shape index (κ1) is 20.8. The van der Waals surface area contributed by atoms with E-state index in [4.69, 9.17) is 0 Å². The Kier molecular flexibility index (Phi) is 5.09. The first-order valence-electron chi connectivity index (χ1n) is 10.7. The van der Waals surface area contributed by atoms with Crippen LogP contribution in [-0.2, 0) is 22.9 Å². The highest BCUT2D eigenvalue weighted by atomic mass is 32.2. The van der Waals surface area contributed by atoms with E-state index < -0.39 is 10.0 Å². The van der Waals surface area contributed by atoms with Crippen LogP contribution in [0, 0.1) is 13.8 Å². The Balaban J connectivity index is 1.24. The van der Waals surface area contributed by atoms with E-state index in [0.29, 0.717) is 23.8 Å². The maximum absolute atomic E-state index is 13.1. The lowest BCUT2D eigenvalue weighted by molar-refractivity contribution is 0.184. The molecule has 2 aliphatic rings. The number of carbonyl (C=O) groups is 1. The summed E-state index contributed by atoms with van der Waals surface area (Å²) in [6, 6.07) is 6.96. The zero-order valence-corrected chi connectivity index (χ0v) is 18.9. The van der Waals surface area contributed by atoms with Gasteiger partial charge >= 0.3 is 6.03 Å². The number of anilines is 1. The number of hydrogen-bond donors (Lipinski definition) is 1. The Bertz CT molecular complexity index is 1310. The minimum atomic E-state index is -3.58. The quantitative estimate of drug-likeness (QED) is 0.644. The Labute approximate surface area is 186 Å². The van der Waals surface area contributed by atoms with Gasteiger partial charge in [0.1, 0.15) is 0 Å². The molecule has 0 spiro atoms. The van der Waals surface area contributed by atoms with Crippen LogP contribution < -0.4 is 5.32 Å². The Hall–Kier alpha value is -3.05. The zero-order chi connectivity index (χ0) is 22.5. The standard InChI is InChI=1S/C21H25N7O3S/c1-14-12-15(2)28-20(22-14)23-19(25-28)24-21(29)26-8-10-27(11-9-26)32(30,31)18-7-6-16-4-3-5-17(16)13-18/h6-7,12-13H,3-5,8-11H2,1-2H3,(H,24,25,29). The molecule has 3 heterocycles. The minimum Gasteiger partial charge on any atom is -0.322 e. The van der Waals surface area contributed by atoms with E-state index in [2.05, 4.69) is 20.4 Å². The Morgan fingerprint density at radius 3 is 2.53 bits per heavy atom. The number of sulfonamides is 1. The molecular formula is C21H25N7O3S. The third-order valence-electron chi connectivity index (χ3n) is 6.07. The van der Waals surface area contributed by atoms with Crippen molar-refractivity contribution in [2.75, 3.05) is 31.5 Å². The molecule has 10 nitrogen and oxygen atoms in total. The highest BCUT2D eigenvalue weighted by molar-refractivity contribution is 7.89. The molecule has 0 radical (unpaired) electrons. The second kappa shape index (κ2) is 7.82. The minimum absolute atomic E-state index is 0.171. The average Bonchev–Trinajstić information content (AvgIpc) is 3.39. The number of aryl methyl sites for hydroxylation is 4. The smallest absolute Gasteiger partial charge is 0.322 e. The number of urea groups is 1. The number of nitrogens with zero attached hydrogens (tertiary/aromatic N) is 6. The van der Waals surface area contributed by atoms with Gasteiger partial charge in [0.15, 0.2) is 0 Å². The Morgan fingerprint density at radius 1 is 1.00 bits per heavy atom. The molecule has 32 heavy (non-hydrogen) atoms. The molecule has 0 saturated carbocycles. The first-order valence-corrected chi connectivity index (χ1v) is 12.1. The van der Waals surface area contributed by atoms with E-state index in [9.17, 15) is 13.2 Å². The summed E-state index contributed by atoms with van der Waals surface area (Å²) < 4.78 is 29.2. The molecule has 1 aliphatic heterocycles. The van der Waals surface area contributed by atoms with Crippen LogP contribution in [0.5, 0.6) is 0 Å². The molecule has 1 aliphatic carbocycles. The lowest BCUT2D eigenvalue weighted by Gasteiger charge is -2.33. The van der Waals surface area contributed by atoms with Gasteiger partial charge in [-0.15, -0.1) is 5.10 Å². The van der Waals surface area contributed by atoms with Gasteiger partial charge in [0.2, 0.25) is 10.0 Å². The van der Waals surface area contributed by atoms with Crippen molar-refractivity contribution in [3.63, 3.8) is 0 Å². The molecule has 1 N–H and O–H groups in total. The number of amides is 2. The predicted octanol–water partition coefficient (Wildman–Crippen LogP) is 1.77. The van der Waals surface area contributed by atoms with Gasteiger partial charge in [0.05, 0.1) is 4.90 Å². The molecule has 1 fully saturated rings. The van der Waals surface area contributed by atoms with Crippen LogP contribution in [0.25, 0.3) is 5.78 Å². The van der Waals surface area contributed by atoms with Crippen LogP contribution in [0.4, 0.5) is 10.7 Å². The van der Waals surface area contributed by atoms with Crippen molar-refractivity contribution in [1.29, 1.82) is 0 Å². The fraction of sp³-hybridized carbons (Fsp3) is 0.429. The lowest BCUT2D eigenvalue weighted by Crippen LogP contribution is -2.51. The number of piperazine rings is 1. The van der Waals surface area contributed by atoms with Crippen molar-refractivity contribution in [3.8, 4) is 0 Å². The molecule has 0 bridgehead atoms. The number of aromatic nitrogens is 4. The first-order chi connectivity index (χ1) is 15.3. The summed E-state index contributed by atoms with van der Waals surface area (Å²) in [5, 5.41) is 6.99. The maximum Gasteiger partial charge on any atom is 0.324 e. The maximum atomic E-state index is 13.1. The molecule has 0 atom stereocenters. The molecule has 1 saturated heterocycles. The van der Waals surface area contributed by atoms with Crippen molar-refractivity contribution in [2.45, 2.75) is 38.0 Å². The van der Waals surface area contributed by atoms with Crippen LogP contribution in [-0.4, -0.2) is 69.4 Å². The number of rotatable bonds is 3. The van der Waals surface area contributed by atoms with Crippen molar-refractivity contribution >= 4 is 27.8 Å². The summed E-state index contributed by atoms with van der Waals surface area (Å²) in [6.45, 7) is 4.83. The summed E-state index contributed by atoms with van der Waals surface area (Å²) in [4.78, 5) is 23.2. The number of hydrogen-bond acceptors (Lipinski definition) is 6. The van der Waals surface area contributed by atoms with E-state index in [-0.39, 0.29) is 25.1 Å². The third kappa shape index (κ3) is 3.71. The van der Waals surface area contributed by atoms with Crippen molar-refractivity contribution in [3.05, 3.63) is 46.8 Å². The van der Waals surface area contributed by atoms with Crippen LogP contribution in [0.1, 0.15) is 28.9 Å². The van der Waals surface area contributed by atoms with Gasteiger partial charge in [0, 0.05) is 37.6 Å². The van der Waals surface area contributed by atoms with E-state index in [1.165, 1.54) is 9.87 Å². The van der Waals surface area contributed by atoms with Gasteiger partial charge in [-0.2, -0.15) is 13.8 Å². The molecule has 0 unspecified atom stereocenters. The van der Waals surface area contributed by atoms with Gasteiger partial charge in [-0.1, -0.05) is 6.07 Å². The molecule has 11 heteroatoms. The number of carbonyl (C=O) groups excluding carboxylic acids is 1. The summed E-state index contributed by atoms with van der Waals surface area (Å²) in [5.74, 6) is 0.590. The Morgan fingerprint density at radius 2 is 1.75 bits per heavy atom. The highest BCUT2D eigenvalue weighted by Gasteiger charge is 2.31. The summed E-state index contributed by atoms with van der Waals surface area (Å²) in [5.41, 5.74) is 4.06. The highest BCUT2D eigenvalue weighted by Crippen LogP contribution is 2.26. The van der Waals surface area contributed by atoms with Gasteiger partial charge in [-0.3, -0.25) is 5.32 Å². The van der Waals surface area contributed by atoms with E-state index >= 15 is 0 Å². The van der Waals surface area contributed by atoms with Gasteiger partial charge in [-0.25, -0.2) is 18.2 Å². The van der Waals surface area contributed by atoms with E-state index in [1.807, 2.05) is 32.0 Å². The summed E-state index contributed by atoms with van der Waals surface area (Å²) in [6.07, 6.45) is 3.02. The summed E-state index contributed by atoms with van der Waals surface area (Å²) in [7, 11) is -3.58. The monoisotopic (exact) mass is 455 g/mol. The molecule has 1 aromatic carbocycles.